The van der Waals surface area contributed by atoms with E-state index in [0.717, 1.165) is 5.56 Å². The first-order valence-corrected chi connectivity index (χ1v) is 6.83. The second kappa shape index (κ2) is 5.36. The predicted octanol–water partition coefficient (Wildman–Crippen LogP) is 4.63. The van der Waals surface area contributed by atoms with Gasteiger partial charge in [-0.05, 0) is 44.2 Å². The van der Waals surface area contributed by atoms with Crippen molar-refractivity contribution in [2.45, 2.75) is 60.0 Å². The van der Waals surface area contributed by atoms with Crippen LogP contribution in [0.4, 0.5) is 0 Å². The molecule has 0 aliphatic heterocycles. The van der Waals surface area contributed by atoms with E-state index in [9.17, 15) is 4.79 Å². The number of ether oxygens (including phenoxy) is 1. The molecule has 1 atom stereocenters. The summed E-state index contributed by atoms with van der Waals surface area (Å²) < 4.78 is 5.53. The molecule has 1 aromatic carbocycles. The lowest BCUT2D eigenvalue weighted by Gasteiger charge is -2.23. The average Bonchev–Trinajstić information content (AvgIpc) is 2.26. The second-order valence-corrected chi connectivity index (χ2v) is 7.17. The van der Waals surface area contributed by atoms with E-state index in [1.54, 1.807) is 0 Å². The Bertz CT molecular complexity index is 447. The molecule has 0 amide bonds. The summed E-state index contributed by atoms with van der Waals surface area (Å²) >= 11 is 0. The van der Waals surface area contributed by atoms with Crippen LogP contribution in [-0.4, -0.2) is 5.97 Å². The summed E-state index contributed by atoms with van der Waals surface area (Å²) in [5.74, 6) is -0.166. The maximum Gasteiger partial charge on any atom is 0.311 e. The van der Waals surface area contributed by atoms with Crippen LogP contribution >= 0.6 is 0 Å². The lowest BCUT2D eigenvalue weighted by molar-refractivity contribution is -0.158. The molecule has 0 N–H and O–H groups in total. The number of rotatable bonds is 2. The van der Waals surface area contributed by atoms with E-state index >= 15 is 0 Å². The number of benzene rings is 1. The number of hydrogen-bond donors (Lipinski definition) is 0. The summed E-state index contributed by atoms with van der Waals surface area (Å²) in [5, 5.41) is 0. The summed E-state index contributed by atoms with van der Waals surface area (Å²) in [5.41, 5.74) is 1.94. The smallest absolute Gasteiger partial charge is 0.311 e. The Morgan fingerprint density at radius 2 is 1.68 bits per heavy atom. The van der Waals surface area contributed by atoms with Gasteiger partial charge >= 0.3 is 5.97 Å². The first-order chi connectivity index (χ1) is 8.51. The molecule has 1 rings (SSSR count). The van der Waals surface area contributed by atoms with E-state index in [1.165, 1.54) is 5.56 Å². The summed E-state index contributed by atoms with van der Waals surface area (Å²) in [7, 11) is 0. The molecule has 0 aromatic heterocycles. The van der Waals surface area contributed by atoms with Crippen LogP contribution in [-0.2, 0) is 14.9 Å². The van der Waals surface area contributed by atoms with E-state index in [1.807, 2.05) is 39.8 Å². The van der Waals surface area contributed by atoms with E-state index in [4.69, 9.17) is 4.74 Å². The van der Waals surface area contributed by atoms with Crippen molar-refractivity contribution in [3.05, 3.63) is 35.4 Å². The lowest BCUT2D eigenvalue weighted by Crippen LogP contribution is -2.24. The van der Waals surface area contributed by atoms with Crippen LogP contribution in [0.15, 0.2) is 24.3 Å². The molecule has 1 aromatic rings. The lowest BCUT2D eigenvalue weighted by atomic mass is 9.86. The summed E-state index contributed by atoms with van der Waals surface area (Å²) in [4.78, 5) is 11.9. The molecule has 106 valence electrons. The summed E-state index contributed by atoms with van der Waals surface area (Å²) in [6.07, 6.45) is -0.214. The maximum atomic E-state index is 11.9. The van der Waals surface area contributed by atoms with Crippen molar-refractivity contribution >= 4 is 5.97 Å². The molecule has 0 spiro atoms. The van der Waals surface area contributed by atoms with Crippen LogP contribution < -0.4 is 0 Å². The van der Waals surface area contributed by atoms with Crippen molar-refractivity contribution in [3.8, 4) is 0 Å². The number of carbonyl (C=O) groups excluding carboxylic acids is 1. The second-order valence-electron chi connectivity index (χ2n) is 7.17. The van der Waals surface area contributed by atoms with Gasteiger partial charge in [-0.2, -0.15) is 0 Å². The van der Waals surface area contributed by atoms with Crippen molar-refractivity contribution in [3.63, 3.8) is 0 Å². The minimum atomic E-state index is -0.462. The summed E-state index contributed by atoms with van der Waals surface area (Å²) in [6, 6.07) is 8.27. The van der Waals surface area contributed by atoms with Gasteiger partial charge in [0.15, 0.2) is 0 Å². The number of carbonyl (C=O) groups is 1. The monoisotopic (exact) mass is 262 g/mol. The third kappa shape index (κ3) is 4.38. The fourth-order valence-corrected chi connectivity index (χ4v) is 1.66. The highest BCUT2D eigenvalue weighted by molar-refractivity contribution is 5.75. The molecule has 0 saturated heterocycles. The zero-order valence-electron chi connectivity index (χ0n) is 13.2. The van der Waals surface area contributed by atoms with Crippen LogP contribution in [0.5, 0.6) is 0 Å². The number of esters is 1. The average molecular weight is 262 g/mol. The topological polar surface area (TPSA) is 26.3 Å². The highest BCUT2D eigenvalue weighted by Gasteiger charge is 2.25. The van der Waals surface area contributed by atoms with E-state index < -0.39 is 5.41 Å². The Labute approximate surface area is 117 Å². The van der Waals surface area contributed by atoms with Gasteiger partial charge in [0.1, 0.15) is 6.10 Å². The third-order valence-corrected chi connectivity index (χ3v) is 3.12. The van der Waals surface area contributed by atoms with E-state index in [2.05, 4.69) is 32.9 Å². The highest BCUT2D eigenvalue weighted by atomic mass is 16.5. The van der Waals surface area contributed by atoms with Crippen LogP contribution in [0.3, 0.4) is 0 Å². The fraction of sp³-hybridized carbons (Fsp3) is 0.588. The molecule has 0 fully saturated rings. The molecule has 0 bridgehead atoms. The van der Waals surface area contributed by atoms with Gasteiger partial charge in [-0.1, -0.05) is 45.0 Å². The van der Waals surface area contributed by atoms with Crippen molar-refractivity contribution in [2.75, 3.05) is 0 Å². The Hall–Kier alpha value is -1.31. The molecular weight excluding hydrogens is 236 g/mol. The van der Waals surface area contributed by atoms with Gasteiger partial charge in [0.2, 0.25) is 0 Å². The maximum absolute atomic E-state index is 11.9. The molecule has 1 unspecified atom stereocenters. The first-order valence-electron chi connectivity index (χ1n) is 6.83. The van der Waals surface area contributed by atoms with Gasteiger partial charge in [-0.25, -0.2) is 0 Å². The van der Waals surface area contributed by atoms with Crippen molar-refractivity contribution in [1.82, 2.24) is 0 Å². The first kappa shape index (κ1) is 15.7. The van der Waals surface area contributed by atoms with Gasteiger partial charge in [-0.3, -0.25) is 4.79 Å². The van der Waals surface area contributed by atoms with Crippen molar-refractivity contribution in [1.29, 1.82) is 0 Å². The minimum absolute atomic E-state index is 0.101. The molecule has 0 heterocycles. The molecule has 0 aliphatic rings. The molecule has 0 radical (unpaired) electrons. The van der Waals surface area contributed by atoms with Gasteiger partial charge in [0, 0.05) is 0 Å². The highest BCUT2D eigenvalue weighted by Crippen LogP contribution is 2.27. The van der Waals surface area contributed by atoms with Gasteiger partial charge in [0.25, 0.3) is 0 Å². The Kier molecular flexibility index (Phi) is 4.44. The zero-order chi connectivity index (χ0) is 14.8. The Morgan fingerprint density at radius 1 is 1.11 bits per heavy atom. The van der Waals surface area contributed by atoms with E-state index in [-0.39, 0.29) is 17.5 Å². The molecular formula is C17H26O2. The fourth-order valence-electron chi connectivity index (χ4n) is 1.66. The SMILES string of the molecule is CC(OC(=O)C(C)(C)C)c1cccc(C(C)(C)C)c1. The van der Waals surface area contributed by atoms with Crippen LogP contribution in [0.25, 0.3) is 0 Å². The van der Waals surface area contributed by atoms with Gasteiger partial charge < -0.3 is 4.74 Å². The standard InChI is InChI=1S/C17H26O2/c1-12(19-15(18)17(5,6)7)13-9-8-10-14(11-13)16(2,3)4/h8-12H,1-7H3. The largest absolute Gasteiger partial charge is 0.457 e. The van der Waals surface area contributed by atoms with Crippen LogP contribution in [0, 0.1) is 5.41 Å². The van der Waals surface area contributed by atoms with E-state index in [0.29, 0.717) is 0 Å². The molecule has 19 heavy (non-hydrogen) atoms. The normalized spacial score (nSPS) is 14.1. The zero-order valence-corrected chi connectivity index (χ0v) is 13.2. The Morgan fingerprint density at radius 3 is 2.16 bits per heavy atom. The molecule has 2 heteroatoms. The predicted molar refractivity (Wildman–Crippen MR) is 79.1 cm³/mol. The van der Waals surface area contributed by atoms with Crippen LogP contribution in [0.1, 0.15) is 65.7 Å². The van der Waals surface area contributed by atoms with Gasteiger partial charge in [-0.15, -0.1) is 0 Å². The molecule has 2 nitrogen and oxygen atoms in total. The van der Waals surface area contributed by atoms with Crippen molar-refractivity contribution in [2.24, 2.45) is 5.41 Å². The van der Waals surface area contributed by atoms with Crippen LogP contribution in [0.2, 0.25) is 0 Å². The quantitative estimate of drug-likeness (QED) is 0.726. The number of hydrogen-bond acceptors (Lipinski definition) is 2. The molecule has 0 saturated carbocycles. The summed E-state index contributed by atoms with van der Waals surface area (Å²) in [6.45, 7) is 14.1. The van der Waals surface area contributed by atoms with Crippen molar-refractivity contribution < 1.29 is 9.53 Å². The van der Waals surface area contributed by atoms with Gasteiger partial charge in [0.05, 0.1) is 5.41 Å². The Balaban J connectivity index is 2.89. The molecule has 0 aliphatic carbocycles. The third-order valence-electron chi connectivity index (χ3n) is 3.12. The minimum Gasteiger partial charge on any atom is -0.457 e.